The first-order valence-corrected chi connectivity index (χ1v) is 10.9. The molecule has 0 radical (unpaired) electrons. The number of methoxy groups -OCH3 is 1. The van der Waals surface area contributed by atoms with Crippen LogP contribution < -0.4 is 0 Å². The molecule has 0 fully saturated rings. The van der Waals surface area contributed by atoms with Crippen LogP contribution in [-0.2, 0) is 10.2 Å². The highest BCUT2D eigenvalue weighted by Crippen LogP contribution is 2.46. The third-order valence-corrected chi connectivity index (χ3v) is 6.31. The molecule has 0 N–H and O–H groups in total. The Kier molecular flexibility index (Phi) is 5.31. The molecule has 1 aromatic heterocycles. The molecule has 0 spiro atoms. The third-order valence-electron chi connectivity index (χ3n) is 6.31. The Hall–Kier alpha value is -4.11. The molecule has 0 bridgehead atoms. The molecular weight excluding hydrogens is 408 g/mol. The van der Waals surface area contributed by atoms with E-state index in [1.807, 2.05) is 24.3 Å². The second-order valence-electron chi connectivity index (χ2n) is 8.08. The van der Waals surface area contributed by atoms with Crippen molar-refractivity contribution in [1.82, 2.24) is 0 Å². The number of hydrogen-bond donors (Lipinski definition) is 0. The van der Waals surface area contributed by atoms with Crippen LogP contribution in [0.1, 0.15) is 38.4 Å². The van der Waals surface area contributed by atoms with E-state index in [4.69, 9.17) is 9.15 Å². The molecule has 0 unspecified atom stereocenters. The fraction of sp³-hybridized carbons (Fsp3) is 0.100. The van der Waals surface area contributed by atoms with Gasteiger partial charge in [-0.25, -0.2) is 4.79 Å². The molecule has 0 aliphatic heterocycles. The number of carbonyl (C=O) groups excluding carboxylic acids is 1. The predicted molar refractivity (Wildman–Crippen MR) is 131 cm³/mol. The summed E-state index contributed by atoms with van der Waals surface area (Å²) in [5.74, 6) is 0.159. The lowest BCUT2D eigenvalue weighted by molar-refractivity contribution is 0.0600. The highest BCUT2D eigenvalue weighted by atomic mass is 16.5. The first kappa shape index (κ1) is 20.8. The van der Waals surface area contributed by atoms with Gasteiger partial charge in [0, 0.05) is 5.39 Å². The Morgan fingerprint density at radius 2 is 1.18 bits per heavy atom. The van der Waals surface area contributed by atoms with Gasteiger partial charge in [-0.15, -0.1) is 0 Å². The van der Waals surface area contributed by atoms with Crippen LogP contribution in [0.4, 0.5) is 0 Å². The molecule has 3 heteroatoms. The Balaban J connectivity index is 1.91. The standard InChI is InChI=1S/C30H24O3/c1-21-28(29(31)32-2)26-20-25(18-19-27(26)33-21)30(22-12-6-3-7-13-22,23-14-8-4-9-15-23)24-16-10-5-11-17-24/h3-20H,1-2H3. The third kappa shape index (κ3) is 3.33. The van der Waals surface area contributed by atoms with E-state index in [2.05, 4.69) is 84.9 Å². The normalized spacial score (nSPS) is 11.5. The van der Waals surface area contributed by atoms with E-state index in [0.717, 1.165) is 27.6 Å². The quantitative estimate of drug-likeness (QED) is 0.224. The Morgan fingerprint density at radius 3 is 1.64 bits per heavy atom. The smallest absolute Gasteiger partial charge is 0.342 e. The van der Waals surface area contributed by atoms with Crippen molar-refractivity contribution in [3.8, 4) is 0 Å². The molecule has 5 aromatic rings. The van der Waals surface area contributed by atoms with Crippen LogP contribution in [0.3, 0.4) is 0 Å². The summed E-state index contributed by atoms with van der Waals surface area (Å²) in [6.07, 6.45) is 0. The number of hydrogen-bond acceptors (Lipinski definition) is 3. The molecule has 0 aliphatic rings. The maximum Gasteiger partial charge on any atom is 0.342 e. The molecule has 1 heterocycles. The summed E-state index contributed by atoms with van der Waals surface area (Å²) < 4.78 is 11.0. The van der Waals surface area contributed by atoms with Crippen molar-refractivity contribution >= 4 is 16.9 Å². The van der Waals surface area contributed by atoms with E-state index in [9.17, 15) is 4.79 Å². The molecule has 0 saturated heterocycles. The van der Waals surface area contributed by atoms with Gasteiger partial charge in [0.05, 0.1) is 12.5 Å². The Bertz CT molecular complexity index is 1300. The van der Waals surface area contributed by atoms with Gasteiger partial charge < -0.3 is 9.15 Å². The van der Waals surface area contributed by atoms with Crippen LogP contribution in [-0.4, -0.2) is 13.1 Å². The minimum atomic E-state index is -0.587. The summed E-state index contributed by atoms with van der Waals surface area (Å²) in [6, 6.07) is 37.6. The van der Waals surface area contributed by atoms with Crippen LogP contribution in [0, 0.1) is 6.92 Å². The van der Waals surface area contributed by atoms with Gasteiger partial charge in [-0.05, 0) is 41.3 Å². The first-order chi connectivity index (χ1) is 16.2. The van der Waals surface area contributed by atoms with E-state index in [1.54, 1.807) is 6.92 Å². The number of rotatable bonds is 5. The van der Waals surface area contributed by atoms with Crippen molar-refractivity contribution < 1.29 is 13.9 Å². The maximum absolute atomic E-state index is 12.6. The van der Waals surface area contributed by atoms with Crippen LogP contribution in [0.15, 0.2) is 114 Å². The topological polar surface area (TPSA) is 39.4 Å². The zero-order valence-corrected chi connectivity index (χ0v) is 18.6. The number of benzene rings is 4. The van der Waals surface area contributed by atoms with E-state index in [-0.39, 0.29) is 0 Å². The van der Waals surface area contributed by atoms with Crippen molar-refractivity contribution in [1.29, 1.82) is 0 Å². The first-order valence-electron chi connectivity index (χ1n) is 10.9. The molecule has 0 saturated carbocycles. The molecule has 4 aromatic carbocycles. The largest absolute Gasteiger partial charge is 0.465 e. The van der Waals surface area contributed by atoms with Gasteiger partial charge in [-0.1, -0.05) is 97.1 Å². The van der Waals surface area contributed by atoms with Crippen molar-refractivity contribution in [3.63, 3.8) is 0 Å². The summed E-state index contributed by atoms with van der Waals surface area (Å²) in [4.78, 5) is 12.6. The van der Waals surface area contributed by atoms with Gasteiger partial charge in [0.15, 0.2) is 0 Å². The number of fused-ring (bicyclic) bond motifs is 1. The average Bonchev–Trinajstić information content (AvgIpc) is 3.21. The van der Waals surface area contributed by atoms with Crippen molar-refractivity contribution in [3.05, 3.63) is 143 Å². The van der Waals surface area contributed by atoms with Crippen LogP contribution in [0.25, 0.3) is 11.0 Å². The molecule has 33 heavy (non-hydrogen) atoms. The maximum atomic E-state index is 12.6. The summed E-state index contributed by atoms with van der Waals surface area (Å²) in [6.45, 7) is 1.80. The molecule has 162 valence electrons. The number of furan rings is 1. The highest BCUT2D eigenvalue weighted by Gasteiger charge is 2.38. The molecule has 0 atom stereocenters. The van der Waals surface area contributed by atoms with Crippen LogP contribution in [0.2, 0.25) is 0 Å². The monoisotopic (exact) mass is 432 g/mol. The molecule has 0 amide bonds. The second-order valence-corrected chi connectivity index (χ2v) is 8.08. The second kappa shape index (κ2) is 8.44. The zero-order chi connectivity index (χ0) is 22.8. The number of esters is 1. The summed E-state index contributed by atoms with van der Waals surface area (Å²) in [7, 11) is 1.40. The lowest BCUT2D eigenvalue weighted by Crippen LogP contribution is -2.31. The minimum Gasteiger partial charge on any atom is -0.465 e. The van der Waals surface area contributed by atoms with E-state index >= 15 is 0 Å². The van der Waals surface area contributed by atoms with Gasteiger partial charge in [-0.2, -0.15) is 0 Å². The molecule has 5 rings (SSSR count). The Morgan fingerprint density at radius 1 is 0.697 bits per heavy atom. The molecule has 3 nitrogen and oxygen atoms in total. The van der Waals surface area contributed by atoms with Crippen molar-refractivity contribution in [2.75, 3.05) is 7.11 Å². The van der Waals surface area contributed by atoms with Crippen molar-refractivity contribution in [2.45, 2.75) is 12.3 Å². The number of carbonyl (C=O) groups is 1. The van der Waals surface area contributed by atoms with E-state index in [0.29, 0.717) is 16.9 Å². The fourth-order valence-electron chi connectivity index (χ4n) is 4.87. The van der Waals surface area contributed by atoms with Gasteiger partial charge in [0.1, 0.15) is 16.9 Å². The van der Waals surface area contributed by atoms with E-state index in [1.165, 1.54) is 7.11 Å². The van der Waals surface area contributed by atoms with Crippen molar-refractivity contribution in [2.24, 2.45) is 0 Å². The number of aryl methyl sites for hydroxylation is 1. The van der Waals surface area contributed by atoms with Gasteiger partial charge in [0.25, 0.3) is 0 Å². The fourth-order valence-corrected chi connectivity index (χ4v) is 4.87. The van der Waals surface area contributed by atoms with Gasteiger partial charge >= 0.3 is 5.97 Å². The Labute approximate surface area is 193 Å². The average molecular weight is 433 g/mol. The predicted octanol–water partition coefficient (Wildman–Crippen LogP) is 6.91. The zero-order valence-electron chi connectivity index (χ0n) is 18.6. The lowest BCUT2D eigenvalue weighted by atomic mass is 9.65. The highest BCUT2D eigenvalue weighted by molar-refractivity contribution is 6.04. The SMILES string of the molecule is COC(=O)c1c(C)oc2ccc(C(c3ccccc3)(c3ccccc3)c3ccccc3)cc12. The summed E-state index contributed by atoms with van der Waals surface area (Å²) in [5.41, 5.74) is 5.02. The van der Waals surface area contributed by atoms with Gasteiger partial charge in [0.2, 0.25) is 0 Å². The minimum absolute atomic E-state index is 0.395. The molecular formula is C30H24O3. The molecule has 0 aliphatic carbocycles. The summed E-state index contributed by atoms with van der Waals surface area (Å²) >= 11 is 0. The lowest BCUT2D eigenvalue weighted by Gasteiger charge is -2.36. The van der Waals surface area contributed by atoms with Crippen LogP contribution in [0.5, 0.6) is 0 Å². The van der Waals surface area contributed by atoms with E-state index < -0.39 is 11.4 Å². The van der Waals surface area contributed by atoms with Gasteiger partial charge in [-0.3, -0.25) is 0 Å². The van der Waals surface area contributed by atoms with Crippen LogP contribution >= 0.6 is 0 Å². The number of ether oxygens (including phenoxy) is 1. The summed E-state index contributed by atoms with van der Waals surface area (Å²) in [5, 5.41) is 0.754.